The molecule has 9 nitrogen and oxygen atoms in total. The van der Waals surface area contributed by atoms with Gasteiger partial charge in [-0.2, -0.15) is 0 Å². The summed E-state index contributed by atoms with van der Waals surface area (Å²) in [4.78, 5) is 38.0. The van der Waals surface area contributed by atoms with E-state index in [0.29, 0.717) is 17.4 Å². The van der Waals surface area contributed by atoms with Gasteiger partial charge in [0.1, 0.15) is 19.8 Å². The number of hydrogen-bond donors (Lipinski definition) is 0. The number of hydrogen-bond acceptors (Lipinski definition) is 8. The Labute approximate surface area is 472 Å². The molecule has 0 aromatic carbocycles. The van der Waals surface area contributed by atoms with E-state index in [1.807, 2.05) is 21.1 Å². The zero-order valence-electron chi connectivity index (χ0n) is 51.2. The Morgan fingerprint density at radius 2 is 0.711 bits per heavy atom. The first-order valence-corrected chi connectivity index (χ1v) is 34.5. The Morgan fingerprint density at radius 1 is 0.408 bits per heavy atom. The van der Waals surface area contributed by atoms with Gasteiger partial charge in [-0.25, -0.2) is 0 Å². The molecule has 0 amide bonds. The van der Waals surface area contributed by atoms with Crippen molar-refractivity contribution in [1.82, 2.24) is 0 Å². The van der Waals surface area contributed by atoms with E-state index in [0.717, 1.165) is 38.5 Å². The van der Waals surface area contributed by atoms with E-state index in [-0.39, 0.29) is 32.0 Å². The Morgan fingerprint density at radius 3 is 1.04 bits per heavy atom. The van der Waals surface area contributed by atoms with Gasteiger partial charge in [-0.3, -0.25) is 14.2 Å². The molecule has 2 unspecified atom stereocenters. The molecule has 0 fully saturated rings. The van der Waals surface area contributed by atoms with Crippen LogP contribution in [0.5, 0.6) is 0 Å². The highest BCUT2D eigenvalue weighted by molar-refractivity contribution is 7.45. The SMILES string of the molecule is CCCCCCC/C=C\C/C=C\CCCCCCCCCCCCCCCCCCCC(=O)OC(COC(=O)CCCCCCCCCCCCCCCCCCCCCCCCC)COP(=O)([O-])OCC[N+](C)(C)C. The topological polar surface area (TPSA) is 111 Å². The van der Waals surface area contributed by atoms with E-state index < -0.39 is 26.5 Å². The highest BCUT2D eigenvalue weighted by Crippen LogP contribution is 2.38. The summed E-state index contributed by atoms with van der Waals surface area (Å²) in [7, 11) is 1.19. The van der Waals surface area contributed by atoms with Crippen LogP contribution in [-0.2, 0) is 32.7 Å². The van der Waals surface area contributed by atoms with Crippen LogP contribution in [0.1, 0.15) is 335 Å². The molecular weight excluding hydrogens is 966 g/mol. The van der Waals surface area contributed by atoms with Crippen LogP contribution in [0.4, 0.5) is 0 Å². The van der Waals surface area contributed by atoms with E-state index in [1.165, 1.54) is 263 Å². The number of carbonyl (C=O) groups is 2. The molecule has 0 heterocycles. The third-order valence-electron chi connectivity index (χ3n) is 15.0. The van der Waals surface area contributed by atoms with Crippen LogP contribution in [0.2, 0.25) is 0 Å². The zero-order valence-corrected chi connectivity index (χ0v) is 52.1. The van der Waals surface area contributed by atoms with E-state index in [4.69, 9.17) is 18.5 Å². The number of phosphoric acid groups is 1. The van der Waals surface area contributed by atoms with Crippen LogP contribution in [-0.4, -0.2) is 70.0 Å². The smallest absolute Gasteiger partial charge is 0.306 e. The quantitative estimate of drug-likeness (QED) is 0.0195. The van der Waals surface area contributed by atoms with Crippen molar-refractivity contribution < 1.29 is 42.1 Å². The minimum atomic E-state index is -4.63. The number of esters is 2. The maximum atomic E-state index is 12.8. The van der Waals surface area contributed by atoms with Crippen molar-refractivity contribution in [3.8, 4) is 0 Å². The standard InChI is InChI=1S/C66H128NO8P/c1-6-8-10-12-14-16-18-20-22-24-26-28-30-31-32-33-34-35-37-39-41-43-45-47-49-51-53-55-57-59-66(69)75-64(63-74-76(70,71)73-61-60-67(3,4)5)62-72-65(68)58-56-54-52-50-48-46-44-42-40-38-36-29-27-25-23-21-19-17-15-13-11-9-7-2/h18,20,24,26,64H,6-17,19,21-23,25,27-63H2,1-5H3/b20-18-,26-24-. The Balaban J connectivity index is 4.03. The lowest BCUT2D eigenvalue weighted by atomic mass is 10.0. The van der Waals surface area contributed by atoms with Gasteiger partial charge in [0.2, 0.25) is 0 Å². The molecule has 0 radical (unpaired) electrons. The lowest BCUT2D eigenvalue weighted by Crippen LogP contribution is -2.37. The minimum absolute atomic E-state index is 0.0271. The Hall–Kier alpha value is -1.51. The molecule has 0 aromatic rings. The average molecular weight is 1090 g/mol. The van der Waals surface area contributed by atoms with Crippen molar-refractivity contribution >= 4 is 19.8 Å². The maximum Gasteiger partial charge on any atom is 0.306 e. The minimum Gasteiger partial charge on any atom is -0.756 e. The summed E-state index contributed by atoms with van der Waals surface area (Å²) in [5.74, 6) is -0.811. The second-order valence-electron chi connectivity index (χ2n) is 23.8. The molecule has 0 aromatic heterocycles. The Bertz CT molecular complexity index is 1330. The van der Waals surface area contributed by atoms with Crippen molar-refractivity contribution in [2.75, 3.05) is 47.5 Å². The van der Waals surface area contributed by atoms with Gasteiger partial charge in [0, 0.05) is 12.8 Å². The molecule has 0 rings (SSSR count). The van der Waals surface area contributed by atoms with Crippen LogP contribution < -0.4 is 4.89 Å². The second kappa shape index (κ2) is 58.2. The van der Waals surface area contributed by atoms with Gasteiger partial charge in [-0.15, -0.1) is 0 Å². The number of phosphoric ester groups is 1. The van der Waals surface area contributed by atoms with Crippen molar-refractivity contribution in [2.45, 2.75) is 341 Å². The third kappa shape index (κ3) is 61.7. The van der Waals surface area contributed by atoms with Gasteiger partial charge in [-0.1, -0.05) is 301 Å². The fraction of sp³-hybridized carbons (Fsp3) is 0.909. The highest BCUT2D eigenvalue weighted by Gasteiger charge is 2.22. The first-order valence-electron chi connectivity index (χ1n) is 33.0. The molecule has 10 heteroatoms. The first kappa shape index (κ1) is 74.5. The molecule has 0 spiro atoms. The number of unbranched alkanes of at least 4 members (excludes halogenated alkanes) is 44. The molecule has 0 saturated heterocycles. The largest absolute Gasteiger partial charge is 0.756 e. The molecular formula is C66H128NO8P. The van der Waals surface area contributed by atoms with Gasteiger partial charge >= 0.3 is 11.9 Å². The molecule has 0 aliphatic carbocycles. The third-order valence-corrected chi connectivity index (χ3v) is 15.9. The molecule has 0 aliphatic heterocycles. The summed E-state index contributed by atoms with van der Waals surface area (Å²) >= 11 is 0. The molecule has 0 bridgehead atoms. The van der Waals surface area contributed by atoms with Gasteiger partial charge in [0.05, 0.1) is 27.7 Å². The van der Waals surface area contributed by atoms with Crippen LogP contribution in [0, 0.1) is 0 Å². The second-order valence-corrected chi connectivity index (χ2v) is 25.3. The van der Waals surface area contributed by atoms with E-state index in [1.54, 1.807) is 0 Å². The number of allylic oxidation sites excluding steroid dienone is 4. The van der Waals surface area contributed by atoms with Gasteiger partial charge in [0.25, 0.3) is 7.82 Å². The van der Waals surface area contributed by atoms with Gasteiger partial charge < -0.3 is 27.9 Å². The normalized spacial score (nSPS) is 13.3. The molecule has 2 atom stereocenters. The van der Waals surface area contributed by atoms with Crippen molar-refractivity contribution in [1.29, 1.82) is 0 Å². The van der Waals surface area contributed by atoms with E-state index in [9.17, 15) is 19.0 Å². The number of ether oxygens (including phenoxy) is 2. The lowest BCUT2D eigenvalue weighted by molar-refractivity contribution is -0.870. The highest BCUT2D eigenvalue weighted by atomic mass is 31.2. The number of likely N-dealkylation sites (N-methyl/N-ethyl adjacent to an activating group) is 1. The van der Waals surface area contributed by atoms with Crippen molar-refractivity contribution in [2.24, 2.45) is 0 Å². The average Bonchev–Trinajstić information content (AvgIpc) is 3.38. The number of rotatable bonds is 62. The fourth-order valence-electron chi connectivity index (χ4n) is 9.87. The molecule has 450 valence electrons. The summed E-state index contributed by atoms with van der Waals surface area (Å²) in [6.45, 7) is 4.30. The van der Waals surface area contributed by atoms with Crippen LogP contribution >= 0.6 is 7.82 Å². The summed E-state index contributed by atoms with van der Waals surface area (Å²) < 4.78 is 34.3. The van der Waals surface area contributed by atoms with Crippen molar-refractivity contribution in [3.05, 3.63) is 24.3 Å². The molecule has 76 heavy (non-hydrogen) atoms. The molecule has 0 N–H and O–H groups in total. The summed E-state index contributed by atoms with van der Waals surface area (Å²) in [6.07, 6.45) is 71.0. The fourth-order valence-corrected chi connectivity index (χ4v) is 10.6. The first-order chi connectivity index (χ1) is 37.0. The molecule has 0 saturated carbocycles. The number of nitrogens with zero attached hydrogens (tertiary/aromatic N) is 1. The van der Waals surface area contributed by atoms with Crippen molar-refractivity contribution in [3.63, 3.8) is 0 Å². The Kier molecular flexibility index (Phi) is 57.0. The number of carbonyl (C=O) groups excluding carboxylic acids is 2. The maximum absolute atomic E-state index is 12.8. The predicted octanol–water partition coefficient (Wildman–Crippen LogP) is 20.3. The van der Waals surface area contributed by atoms with Crippen LogP contribution in [0.15, 0.2) is 24.3 Å². The summed E-state index contributed by atoms with van der Waals surface area (Å²) in [5.41, 5.74) is 0. The molecule has 0 aliphatic rings. The zero-order chi connectivity index (χ0) is 55.6. The van der Waals surface area contributed by atoms with Gasteiger partial charge in [-0.05, 0) is 44.9 Å². The summed E-state index contributed by atoms with van der Waals surface area (Å²) in [5, 5.41) is 0. The van der Waals surface area contributed by atoms with E-state index >= 15 is 0 Å². The summed E-state index contributed by atoms with van der Waals surface area (Å²) in [6, 6.07) is 0. The van der Waals surface area contributed by atoms with Gasteiger partial charge in [0.15, 0.2) is 6.10 Å². The lowest BCUT2D eigenvalue weighted by Gasteiger charge is -2.28. The van der Waals surface area contributed by atoms with Crippen LogP contribution in [0.25, 0.3) is 0 Å². The van der Waals surface area contributed by atoms with E-state index in [2.05, 4.69) is 38.2 Å². The monoisotopic (exact) mass is 1090 g/mol. The van der Waals surface area contributed by atoms with Crippen LogP contribution in [0.3, 0.4) is 0 Å². The predicted molar refractivity (Wildman–Crippen MR) is 324 cm³/mol. The number of quaternary nitrogens is 1.